The molecule has 0 saturated carbocycles. The van der Waals surface area contributed by atoms with Gasteiger partial charge in [-0.2, -0.15) is 0 Å². The van der Waals surface area contributed by atoms with Crippen LogP contribution in [-0.2, 0) is 11.2 Å². The summed E-state index contributed by atoms with van der Waals surface area (Å²) in [5.74, 6) is 0.583. The molecule has 0 saturated heterocycles. The molecule has 1 aromatic carbocycles. The molecule has 1 amide bonds. The summed E-state index contributed by atoms with van der Waals surface area (Å²) in [7, 11) is 0. The molecule has 0 aliphatic heterocycles. The lowest BCUT2D eigenvalue weighted by molar-refractivity contribution is -0.133. The normalized spacial score (nSPS) is 13.9. The van der Waals surface area contributed by atoms with Crippen LogP contribution in [0.2, 0.25) is 0 Å². The van der Waals surface area contributed by atoms with E-state index in [4.69, 9.17) is 5.73 Å². The van der Waals surface area contributed by atoms with E-state index in [0.717, 1.165) is 25.1 Å². The molecular formula is C16H26N2O. The van der Waals surface area contributed by atoms with E-state index in [9.17, 15) is 4.79 Å². The summed E-state index contributed by atoms with van der Waals surface area (Å²) in [5.41, 5.74) is 7.17. The maximum absolute atomic E-state index is 12.3. The van der Waals surface area contributed by atoms with Gasteiger partial charge in [0.2, 0.25) is 5.91 Å². The first-order valence-electron chi connectivity index (χ1n) is 7.16. The van der Waals surface area contributed by atoms with Crippen LogP contribution in [0.3, 0.4) is 0 Å². The van der Waals surface area contributed by atoms with Crippen LogP contribution in [0.5, 0.6) is 0 Å². The fourth-order valence-electron chi connectivity index (χ4n) is 2.07. The molecule has 19 heavy (non-hydrogen) atoms. The van der Waals surface area contributed by atoms with E-state index in [1.54, 1.807) is 0 Å². The van der Waals surface area contributed by atoms with Crippen molar-refractivity contribution >= 4 is 5.91 Å². The van der Waals surface area contributed by atoms with Gasteiger partial charge in [0, 0.05) is 13.1 Å². The van der Waals surface area contributed by atoms with Crippen molar-refractivity contribution in [3.05, 3.63) is 35.9 Å². The number of amides is 1. The maximum atomic E-state index is 12.3. The SMILES string of the molecule is CCC(C)CN(CC)C(=O)[C@H](N)Cc1ccccc1. The van der Waals surface area contributed by atoms with Crippen molar-refractivity contribution in [2.75, 3.05) is 13.1 Å². The monoisotopic (exact) mass is 262 g/mol. The van der Waals surface area contributed by atoms with E-state index >= 15 is 0 Å². The average Bonchev–Trinajstić information content (AvgIpc) is 2.44. The van der Waals surface area contributed by atoms with Gasteiger partial charge < -0.3 is 10.6 Å². The maximum Gasteiger partial charge on any atom is 0.239 e. The Morgan fingerprint density at radius 1 is 1.26 bits per heavy atom. The van der Waals surface area contributed by atoms with E-state index in [1.165, 1.54) is 0 Å². The first-order chi connectivity index (χ1) is 9.08. The van der Waals surface area contributed by atoms with Crippen molar-refractivity contribution in [1.82, 2.24) is 4.90 Å². The van der Waals surface area contributed by atoms with Crippen LogP contribution < -0.4 is 5.73 Å². The summed E-state index contributed by atoms with van der Waals surface area (Å²) >= 11 is 0. The van der Waals surface area contributed by atoms with Crippen LogP contribution >= 0.6 is 0 Å². The molecule has 0 aliphatic rings. The Balaban J connectivity index is 2.59. The van der Waals surface area contributed by atoms with Crippen molar-refractivity contribution in [2.24, 2.45) is 11.7 Å². The number of benzene rings is 1. The zero-order chi connectivity index (χ0) is 14.3. The quantitative estimate of drug-likeness (QED) is 0.820. The largest absolute Gasteiger partial charge is 0.341 e. The fraction of sp³-hybridized carbons (Fsp3) is 0.562. The highest BCUT2D eigenvalue weighted by molar-refractivity contribution is 5.82. The minimum atomic E-state index is -0.439. The molecule has 1 unspecified atom stereocenters. The standard InChI is InChI=1S/C16H26N2O/c1-4-13(3)12-18(5-2)16(19)15(17)11-14-9-7-6-8-10-14/h6-10,13,15H,4-5,11-12,17H2,1-3H3/t13?,15-/m1/s1. The Labute approximate surface area is 116 Å². The first kappa shape index (κ1) is 15.7. The zero-order valence-electron chi connectivity index (χ0n) is 12.3. The molecule has 3 nitrogen and oxygen atoms in total. The summed E-state index contributed by atoms with van der Waals surface area (Å²) < 4.78 is 0. The van der Waals surface area contributed by atoms with Crippen LogP contribution in [-0.4, -0.2) is 29.9 Å². The van der Waals surface area contributed by atoms with Gasteiger partial charge in [0.15, 0.2) is 0 Å². The van der Waals surface area contributed by atoms with Gasteiger partial charge in [0.25, 0.3) is 0 Å². The third-order valence-electron chi connectivity index (χ3n) is 3.54. The average molecular weight is 262 g/mol. The number of rotatable bonds is 7. The Hall–Kier alpha value is -1.35. The number of nitrogens with zero attached hydrogens (tertiary/aromatic N) is 1. The molecule has 3 heteroatoms. The Morgan fingerprint density at radius 3 is 2.42 bits per heavy atom. The van der Waals surface area contributed by atoms with Crippen LogP contribution in [0.15, 0.2) is 30.3 Å². The molecule has 0 radical (unpaired) electrons. The van der Waals surface area contributed by atoms with E-state index in [1.807, 2.05) is 42.2 Å². The molecule has 2 atom stereocenters. The molecule has 0 aliphatic carbocycles. The highest BCUT2D eigenvalue weighted by atomic mass is 16.2. The smallest absolute Gasteiger partial charge is 0.239 e. The second kappa shape index (κ2) is 7.95. The molecule has 106 valence electrons. The predicted octanol–water partition coefficient (Wildman–Crippen LogP) is 2.45. The highest BCUT2D eigenvalue weighted by Gasteiger charge is 2.21. The van der Waals surface area contributed by atoms with Gasteiger partial charge >= 0.3 is 0 Å². The van der Waals surface area contributed by atoms with Crippen molar-refractivity contribution in [1.29, 1.82) is 0 Å². The van der Waals surface area contributed by atoms with Gasteiger partial charge in [-0.1, -0.05) is 50.6 Å². The molecule has 0 spiro atoms. The van der Waals surface area contributed by atoms with Crippen molar-refractivity contribution in [3.63, 3.8) is 0 Å². The Bertz CT molecular complexity index is 378. The minimum absolute atomic E-state index is 0.0617. The van der Waals surface area contributed by atoms with Crippen LogP contribution in [0.25, 0.3) is 0 Å². The summed E-state index contributed by atoms with van der Waals surface area (Å²) in [6.07, 6.45) is 1.69. The van der Waals surface area contributed by atoms with Crippen LogP contribution in [0.1, 0.15) is 32.8 Å². The number of likely N-dealkylation sites (N-methyl/N-ethyl adjacent to an activating group) is 1. The molecule has 1 rings (SSSR count). The third-order valence-corrected chi connectivity index (χ3v) is 3.54. The molecule has 0 fully saturated rings. The van der Waals surface area contributed by atoms with E-state index in [-0.39, 0.29) is 5.91 Å². The molecule has 1 aromatic rings. The zero-order valence-corrected chi connectivity index (χ0v) is 12.3. The van der Waals surface area contributed by atoms with Crippen LogP contribution in [0.4, 0.5) is 0 Å². The van der Waals surface area contributed by atoms with E-state index < -0.39 is 6.04 Å². The second-order valence-corrected chi connectivity index (χ2v) is 5.19. The van der Waals surface area contributed by atoms with Gasteiger partial charge in [0.05, 0.1) is 6.04 Å². The lowest BCUT2D eigenvalue weighted by atomic mass is 10.0. The van der Waals surface area contributed by atoms with Gasteiger partial charge in [0.1, 0.15) is 0 Å². The fourth-order valence-corrected chi connectivity index (χ4v) is 2.07. The third kappa shape index (κ3) is 5.03. The highest BCUT2D eigenvalue weighted by Crippen LogP contribution is 2.08. The van der Waals surface area contributed by atoms with Gasteiger partial charge in [-0.05, 0) is 24.8 Å². The molecule has 2 N–H and O–H groups in total. The first-order valence-corrected chi connectivity index (χ1v) is 7.16. The van der Waals surface area contributed by atoms with Crippen molar-refractivity contribution in [2.45, 2.75) is 39.7 Å². The van der Waals surface area contributed by atoms with Crippen molar-refractivity contribution in [3.8, 4) is 0 Å². The lowest BCUT2D eigenvalue weighted by Crippen LogP contribution is -2.46. The molecular weight excluding hydrogens is 236 g/mol. The van der Waals surface area contributed by atoms with Gasteiger partial charge in [-0.15, -0.1) is 0 Å². The summed E-state index contributed by atoms with van der Waals surface area (Å²) in [5, 5.41) is 0. The molecule has 0 heterocycles. The summed E-state index contributed by atoms with van der Waals surface area (Å²) in [4.78, 5) is 14.2. The minimum Gasteiger partial charge on any atom is -0.341 e. The van der Waals surface area contributed by atoms with E-state index in [0.29, 0.717) is 12.3 Å². The lowest BCUT2D eigenvalue weighted by Gasteiger charge is -2.27. The number of carbonyl (C=O) groups excluding carboxylic acids is 1. The Kier molecular flexibility index (Phi) is 6.57. The van der Waals surface area contributed by atoms with Gasteiger partial charge in [-0.25, -0.2) is 0 Å². The number of nitrogens with two attached hydrogens (primary N) is 1. The second-order valence-electron chi connectivity index (χ2n) is 5.19. The topological polar surface area (TPSA) is 46.3 Å². The summed E-state index contributed by atoms with van der Waals surface area (Å²) in [6.45, 7) is 7.85. The van der Waals surface area contributed by atoms with Gasteiger partial charge in [-0.3, -0.25) is 4.79 Å². The van der Waals surface area contributed by atoms with E-state index in [2.05, 4.69) is 13.8 Å². The number of hydrogen-bond donors (Lipinski definition) is 1. The predicted molar refractivity (Wildman–Crippen MR) is 79.8 cm³/mol. The van der Waals surface area contributed by atoms with Crippen LogP contribution in [0, 0.1) is 5.92 Å². The summed E-state index contributed by atoms with van der Waals surface area (Å²) in [6, 6.07) is 9.51. The number of carbonyl (C=O) groups is 1. The molecule has 0 aromatic heterocycles. The molecule has 0 bridgehead atoms. The van der Waals surface area contributed by atoms with Crippen molar-refractivity contribution < 1.29 is 4.79 Å². The number of hydrogen-bond acceptors (Lipinski definition) is 2. The Morgan fingerprint density at radius 2 is 1.89 bits per heavy atom.